The second kappa shape index (κ2) is 9.20. The number of aromatic nitrogens is 2. The number of benzene rings is 1. The van der Waals surface area contributed by atoms with Gasteiger partial charge in [-0.25, -0.2) is 4.79 Å². The number of urea groups is 1. The number of ether oxygens (including phenoxy) is 1. The number of hydrogen-bond acceptors (Lipinski definition) is 6. The maximum Gasteiger partial charge on any atom is 0.319 e. The van der Waals surface area contributed by atoms with Crippen molar-refractivity contribution in [2.75, 3.05) is 32.5 Å². The number of nitrogens with one attached hydrogen (secondary N) is 1. The van der Waals surface area contributed by atoms with Crippen LogP contribution in [0.2, 0.25) is 5.02 Å². The number of halogens is 1. The number of carbonyl (C=O) groups excluding carboxylic acids is 2. The summed E-state index contributed by atoms with van der Waals surface area (Å²) in [5, 5.41) is 12.6. The maximum absolute atomic E-state index is 12.6. The molecular weight excluding hydrogens is 402 g/mol. The molecule has 1 N–H and O–H groups in total. The van der Waals surface area contributed by atoms with Crippen molar-refractivity contribution in [3.8, 4) is 5.75 Å². The SMILES string of the molecule is CN(C)C(=O)N1CCCC(C(=O)Nc2nnc(COc3ccc(Cl)cc3)s2)C1. The number of rotatable bonds is 5. The van der Waals surface area contributed by atoms with E-state index in [-0.39, 0.29) is 24.5 Å². The van der Waals surface area contributed by atoms with Gasteiger partial charge in [-0.05, 0) is 37.1 Å². The standard InChI is InChI=1S/C18H22ClN5O3S/c1-23(2)18(26)24-9-3-4-12(10-24)16(25)20-17-22-21-15(28-17)11-27-14-7-5-13(19)6-8-14/h5-8,12H,3-4,9-11H2,1-2H3,(H,20,22,25). The number of nitrogens with zero attached hydrogens (tertiary/aromatic N) is 4. The Morgan fingerprint density at radius 3 is 2.79 bits per heavy atom. The molecule has 10 heteroatoms. The van der Waals surface area contributed by atoms with Crippen LogP contribution in [-0.2, 0) is 11.4 Å². The number of anilines is 1. The quantitative estimate of drug-likeness (QED) is 0.798. The highest BCUT2D eigenvalue weighted by Gasteiger charge is 2.29. The molecule has 0 radical (unpaired) electrons. The average Bonchev–Trinajstić information content (AvgIpc) is 3.14. The van der Waals surface area contributed by atoms with E-state index in [0.29, 0.717) is 34.0 Å². The van der Waals surface area contributed by atoms with Gasteiger partial charge in [-0.2, -0.15) is 0 Å². The van der Waals surface area contributed by atoms with E-state index in [1.165, 1.54) is 16.2 Å². The van der Waals surface area contributed by atoms with E-state index in [0.717, 1.165) is 12.8 Å². The van der Waals surface area contributed by atoms with E-state index < -0.39 is 0 Å². The first-order valence-corrected chi connectivity index (χ1v) is 10.1. The van der Waals surface area contributed by atoms with Crippen LogP contribution in [0.25, 0.3) is 0 Å². The summed E-state index contributed by atoms with van der Waals surface area (Å²) in [5.74, 6) is 0.283. The molecule has 0 saturated carbocycles. The summed E-state index contributed by atoms with van der Waals surface area (Å²) in [7, 11) is 3.42. The second-order valence-corrected chi connectivity index (χ2v) is 8.19. The van der Waals surface area contributed by atoms with Gasteiger partial charge in [0.15, 0.2) is 5.01 Å². The van der Waals surface area contributed by atoms with Gasteiger partial charge < -0.3 is 19.9 Å². The van der Waals surface area contributed by atoms with Crippen LogP contribution in [0.4, 0.5) is 9.93 Å². The van der Waals surface area contributed by atoms with Gasteiger partial charge in [0, 0.05) is 32.2 Å². The van der Waals surface area contributed by atoms with Gasteiger partial charge in [-0.15, -0.1) is 10.2 Å². The van der Waals surface area contributed by atoms with E-state index in [1.54, 1.807) is 43.3 Å². The van der Waals surface area contributed by atoms with Crippen LogP contribution in [0.15, 0.2) is 24.3 Å². The molecule has 1 fully saturated rings. The molecule has 1 atom stereocenters. The Morgan fingerprint density at radius 1 is 1.32 bits per heavy atom. The van der Waals surface area contributed by atoms with E-state index in [1.807, 2.05) is 0 Å². The van der Waals surface area contributed by atoms with Crippen LogP contribution in [-0.4, -0.2) is 59.1 Å². The Balaban J connectivity index is 1.52. The molecule has 3 amide bonds. The fourth-order valence-corrected chi connectivity index (χ4v) is 3.68. The van der Waals surface area contributed by atoms with Crippen LogP contribution in [0.3, 0.4) is 0 Å². The smallest absolute Gasteiger partial charge is 0.319 e. The molecule has 0 bridgehead atoms. The number of likely N-dealkylation sites (tertiary alicyclic amines) is 1. The van der Waals surface area contributed by atoms with Crippen molar-refractivity contribution in [1.29, 1.82) is 0 Å². The zero-order valence-electron chi connectivity index (χ0n) is 15.7. The van der Waals surface area contributed by atoms with Gasteiger partial charge in [0.2, 0.25) is 11.0 Å². The Hall–Kier alpha value is -2.39. The molecule has 2 aromatic rings. The Kier molecular flexibility index (Phi) is 6.69. The molecule has 1 unspecified atom stereocenters. The summed E-state index contributed by atoms with van der Waals surface area (Å²) >= 11 is 7.11. The normalized spacial score (nSPS) is 16.5. The Labute approximate surface area is 172 Å². The number of amides is 3. The minimum Gasteiger partial charge on any atom is -0.486 e. The lowest BCUT2D eigenvalue weighted by molar-refractivity contribution is -0.121. The van der Waals surface area contributed by atoms with Crippen LogP contribution < -0.4 is 10.1 Å². The Morgan fingerprint density at radius 2 is 2.07 bits per heavy atom. The molecule has 1 aromatic carbocycles. The van der Waals surface area contributed by atoms with Crippen LogP contribution in [0.1, 0.15) is 17.8 Å². The predicted molar refractivity (Wildman–Crippen MR) is 108 cm³/mol. The Bertz CT molecular complexity index is 827. The first-order valence-electron chi connectivity index (χ1n) is 8.90. The van der Waals surface area contributed by atoms with Gasteiger partial charge in [-0.3, -0.25) is 4.79 Å². The minimum atomic E-state index is -0.254. The summed E-state index contributed by atoms with van der Waals surface area (Å²) < 4.78 is 5.63. The monoisotopic (exact) mass is 423 g/mol. The fourth-order valence-electron chi connectivity index (χ4n) is 2.89. The third-order valence-corrected chi connectivity index (χ3v) is 5.38. The first-order chi connectivity index (χ1) is 13.4. The van der Waals surface area contributed by atoms with E-state index in [2.05, 4.69) is 15.5 Å². The number of carbonyl (C=O) groups is 2. The molecule has 28 heavy (non-hydrogen) atoms. The van der Waals surface area contributed by atoms with Gasteiger partial charge in [-0.1, -0.05) is 22.9 Å². The van der Waals surface area contributed by atoms with Crippen molar-refractivity contribution < 1.29 is 14.3 Å². The molecule has 1 aliphatic rings. The van der Waals surface area contributed by atoms with Gasteiger partial charge in [0.05, 0.1) is 5.92 Å². The molecule has 3 rings (SSSR count). The average molecular weight is 424 g/mol. The maximum atomic E-state index is 12.6. The van der Waals surface area contributed by atoms with Crippen molar-refractivity contribution >= 4 is 40.0 Å². The summed E-state index contributed by atoms with van der Waals surface area (Å²) in [6.07, 6.45) is 1.54. The molecule has 1 saturated heterocycles. The highest BCUT2D eigenvalue weighted by Crippen LogP contribution is 2.23. The zero-order valence-corrected chi connectivity index (χ0v) is 17.3. The summed E-state index contributed by atoms with van der Waals surface area (Å²) in [5.41, 5.74) is 0. The molecule has 1 aromatic heterocycles. The van der Waals surface area contributed by atoms with Crippen molar-refractivity contribution in [2.24, 2.45) is 5.92 Å². The number of piperidine rings is 1. The van der Waals surface area contributed by atoms with E-state index >= 15 is 0 Å². The molecule has 0 spiro atoms. The van der Waals surface area contributed by atoms with Crippen molar-refractivity contribution in [3.63, 3.8) is 0 Å². The lowest BCUT2D eigenvalue weighted by Gasteiger charge is -2.33. The third kappa shape index (κ3) is 5.32. The number of hydrogen-bond donors (Lipinski definition) is 1. The highest BCUT2D eigenvalue weighted by atomic mass is 35.5. The summed E-state index contributed by atoms with van der Waals surface area (Å²) in [6.45, 7) is 1.34. The molecule has 1 aliphatic heterocycles. The van der Waals surface area contributed by atoms with Gasteiger partial charge in [0.25, 0.3) is 0 Å². The van der Waals surface area contributed by atoms with Crippen LogP contribution in [0.5, 0.6) is 5.75 Å². The zero-order chi connectivity index (χ0) is 20.1. The van der Waals surface area contributed by atoms with Gasteiger partial charge >= 0.3 is 6.03 Å². The molecular formula is C18H22ClN5O3S. The molecule has 150 valence electrons. The summed E-state index contributed by atoms with van der Waals surface area (Å²) in [4.78, 5) is 27.9. The predicted octanol–water partition coefficient (Wildman–Crippen LogP) is 3.10. The van der Waals surface area contributed by atoms with E-state index in [9.17, 15) is 9.59 Å². The van der Waals surface area contributed by atoms with Crippen LogP contribution >= 0.6 is 22.9 Å². The summed E-state index contributed by atoms with van der Waals surface area (Å²) in [6, 6.07) is 6.97. The topological polar surface area (TPSA) is 87.7 Å². The second-order valence-electron chi connectivity index (χ2n) is 6.69. The third-order valence-electron chi connectivity index (χ3n) is 4.32. The van der Waals surface area contributed by atoms with Crippen molar-refractivity contribution in [2.45, 2.75) is 19.4 Å². The van der Waals surface area contributed by atoms with Crippen molar-refractivity contribution in [3.05, 3.63) is 34.3 Å². The first kappa shape index (κ1) is 20.3. The fraction of sp³-hybridized carbons (Fsp3) is 0.444. The molecule has 0 aliphatic carbocycles. The lowest BCUT2D eigenvalue weighted by Crippen LogP contribution is -2.47. The molecule has 2 heterocycles. The van der Waals surface area contributed by atoms with Crippen molar-refractivity contribution in [1.82, 2.24) is 20.0 Å². The van der Waals surface area contributed by atoms with E-state index in [4.69, 9.17) is 16.3 Å². The van der Waals surface area contributed by atoms with Crippen LogP contribution in [0, 0.1) is 5.92 Å². The lowest BCUT2D eigenvalue weighted by atomic mass is 9.97. The van der Waals surface area contributed by atoms with Gasteiger partial charge in [0.1, 0.15) is 12.4 Å². The largest absolute Gasteiger partial charge is 0.486 e. The minimum absolute atomic E-state index is 0.0740. The highest BCUT2D eigenvalue weighted by molar-refractivity contribution is 7.15. The molecule has 8 nitrogen and oxygen atoms in total.